The minimum Gasteiger partial charge on any atom is -0.325 e. The predicted molar refractivity (Wildman–Crippen MR) is 62.0 cm³/mol. The van der Waals surface area contributed by atoms with Crippen LogP contribution in [0.5, 0.6) is 0 Å². The van der Waals surface area contributed by atoms with Crippen molar-refractivity contribution in [1.29, 1.82) is 0 Å². The first kappa shape index (κ1) is 11.1. The molecular formula is C10H13N5S. The lowest BCUT2D eigenvalue weighted by molar-refractivity contribution is 0.765. The first-order chi connectivity index (χ1) is 7.70. The van der Waals surface area contributed by atoms with Crippen LogP contribution in [0.2, 0.25) is 0 Å². The largest absolute Gasteiger partial charge is 0.325 e. The van der Waals surface area contributed by atoms with Gasteiger partial charge in [-0.1, -0.05) is 0 Å². The molecule has 0 atom stereocenters. The summed E-state index contributed by atoms with van der Waals surface area (Å²) < 4.78 is 1.95. The molecule has 0 saturated heterocycles. The van der Waals surface area contributed by atoms with Crippen molar-refractivity contribution in [2.45, 2.75) is 23.5 Å². The Morgan fingerprint density at radius 2 is 2.25 bits per heavy atom. The van der Waals surface area contributed by atoms with Gasteiger partial charge in [-0.3, -0.25) is 4.98 Å². The van der Waals surface area contributed by atoms with Crippen molar-refractivity contribution in [3.8, 4) is 0 Å². The Bertz CT molecular complexity index is 494. The van der Waals surface area contributed by atoms with Gasteiger partial charge in [-0.25, -0.2) is 0 Å². The van der Waals surface area contributed by atoms with Crippen LogP contribution in [0.15, 0.2) is 28.4 Å². The van der Waals surface area contributed by atoms with E-state index in [1.54, 1.807) is 18.0 Å². The third-order valence-electron chi connectivity index (χ3n) is 2.26. The quantitative estimate of drug-likeness (QED) is 0.863. The third-order valence-corrected chi connectivity index (χ3v) is 3.29. The van der Waals surface area contributed by atoms with E-state index in [-0.39, 0.29) is 0 Å². The van der Waals surface area contributed by atoms with Gasteiger partial charge in [0.05, 0.1) is 5.69 Å². The summed E-state index contributed by atoms with van der Waals surface area (Å²) in [6, 6.07) is 3.91. The molecule has 0 unspecified atom stereocenters. The second-order valence-electron chi connectivity index (χ2n) is 3.38. The number of rotatable bonds is 3. The van der Waals surface area contributed by atoms with Gasteiger partial charge in [0.15, 0.2) is 5.16 Å². The fraction of sp³-hybridized carbons (Fsp3) is 0.300. The molecule has 84 valence electrons. The second-order valence-corrected chi connectivity index (χ2v) is 4.42. The SMILES string of the molecule is Cc1nnc(Sc2ccnc(CN)c2)n1C. The van der Waals surface area contributed by atoms with E-state index in [0.29, 0.717) is 6.54 Å². The van der Waals surface area contributed by atoms with Gasteiger partial charge in [-0.15, -0.1) is 10.2 Å². The van der Waals surface area contributed by atoms with Gasteiger partial charge >= 0.3 is 0 Å². The molecule has 2 aromatic rings. The number of aryl methyl sites for hydroxylation is 1. The second kappa shape index (κ2) is 4.63. The average Bonchev–Trinajstić information content (AvgIpc) is 2.61. The zero-order valence-corrected chi connectivity index (χ0v) is 10.0. The van der Waals surface area contributed by atoms with Crippen molar-refractivity contribution in [2.24, 2.45) is 12.8 Å². The Kier molecular flexibility index (Phi) is 3.21. The molecule has 0 aliphatic heterocycles. The highest BCUT2D eigenvalue weighted by molar-refractivity contribution is 7.99. The van der Waals surface area contributed by atoms with E-state index in [4.69, 9.17) is 5.73 Å². The lowest BCUT2D eigenvalue weighted by atomic mass is 10.3. The number of nitrogens with zero attached hydrogens (tertiary/aromatic N) is 4. The summed E-state index contributed by atoms with van der Waals surface area (Å²) >= 11 is 1.56. The van der Waals surface area contributed by atoms with Crippen molar-refractivity contribution in [2.75, 3.05) is 0 Å². The molecule has 0 aliphatic rings. The molecule has 0 saturated carbocycles. The van der Waals surface area contributed by atoms with Crippen molar-refractivity contribution < 1.29 is 0 Å². The number of hydrogen-bond acceptors (Lipinski definition) is 5. The summed E-state index contributed by atoms with van der Waals surface area (Å²) in [6.07, 6.45) is 1.76. The zero-order valence-electron chi connectivity index (χ0n) is 9.21. The summed E-state index contributed by atoms with van der Waals surface area (Å²) in [5.41, 5.74) is 6.42. The van der Waals surface area contributed by atoms with Gasteiger partial charge in [-0.05, 0) is 30.8 Å². The minimum absolute atomic E-state index is 0.451. The molecule has 2 heterocycles. The van der Waals surface area contributed by atoms with Crippen LogP contribution in [0.4, 0.5) is 0 Å². The molecule has 0 bridgehead atoms. The molecule has 5 nitrogen and oxygen atoms in total. The van der Waals surface area contributed by atoms with Crippen LogP contribution in [0, 0.1) is 6.92 Å². The molecule has 0 fully saturated rings. The van der Waals surface area contributed by atoms with E-state index in [1.165, 1.54) is 0 Å². The highest BCUT2D eigenvalue weighted by Crippen LogP contribution is 2.25. The van der Waals surface area contributed by atoms with Crippen LogP contribution in [0.25, 0.3) is 0 Å². The first-order valence-electron chi connectivity index (χ1n) is 4.89. The van der Waals surface area contributed by atoms with E-state index in [2.05, 4.69) is 15.2 Å². The Morgan fingerprint density at radius 1 is 1.44 bits per heavy atom. The lowest BCUT2D eigenvalue weighted by Gasteiger charge is -2.02. The zero-order chi connectivity index (χ0) is 11.5. The number of nitrogens with two attached hydrogens (primary N) is 1. The van der Waals surface area contributed by atoms with E-state index in [0.717, 1.165) is 21.6 Å². The maximum absolute atomic E-state index is 5.54. The maximum Gasteiger partial charge on any atom is 0.195 e. The number of hydrogen-bond donors (Lipinski definition) is 1. The summed E-state index contributed by atoms with van der Waals surface area (Å²) in [5.74, 6) is 0.899. The molecule has 0 aliphatic carbocycles. The highest BCUT2D eigenvalue weighted by atomic mass is 32.2. The van der Waals surface area contributed by atoms with Gasteiger partial charge < -0.3 is 10.3 Å². The third kappa shape index (κ3) is 2.23. The van der Waals surface area contributed by atoms with Crippen LogP contribution in [0.1, 0.15) is 11.5 Å². The Morgan fingerprint density at radius 3 is 2.88 bits per heavy atom. The summed E-state index contributed by atoms with van der Waals surface area (Å²) in [5, 5.41) is 8.96. The minimum atomic E-state index is 0.451. The molecule has 2 N–H and O–H groups in total. The van der Waals surface area contributed by atoms with Crippen molar-refractivity contribution in [3.63, 3.8) is 0 Å². The molecule has 2 aromatic heterocycles. The Balaban J connectivity index is 2.23. The van der Waals surface area contributed by atoms with E-state index in [9.17, 15) is 0 Å². The normalized spacial score (nSPS) is 10.7. The average molecular weight is 235 g/mol. The summed E-state index contributed by atoms with van der Waals surface area (Å²) in [4.78, 5) is 5.22. The van der Waals surface area contributed by atoms with Crippen molar-refractivity contribution >= 4 is 11.8 Å². The molecule has 16 heavy (non-hydrogen) atoms. The maximum atomic E-state index is 5.54. The van der Waals surface area contributed by atoms with Crippen LogP contribution < -0.4 is 5.73 Å². The number of aromatic nitrogens is 4. The van der Waals surface area contributed by atoms with Gasteiger partial charge in [0, 0.05) is 24.7 Å². The van der Waals surface area contributed by atoms with Crippen molar-refractivity contribution in [3.05, 3.63) is 29.8 Å². The summed E-state index contributed by atoms with van der Waals surface area (Å²) in [7, 11) is 1.95. The van der Waals surface area contributed by atoms with Crippen molar-refractivity contribution in [1.82, 2.24) is 19.7 Å². The number of pyridine rings is 1. The van der Waals surface area contributed by atoms with E-state index < -0.39 is 0 Å². The molecule has 0 spiro atoms. The van der Waals surface area contributed by atoms with Crippen LogP contribution in [0.3, 0.4) is 0 Å². The molecular weight excluding hydrogens is 222 g/mol. The Hall–Kier alpha value is -1.40. The lowest BCUT2D eigenvalue weighted by Crippen LogP contribution is -1.99. The fourth-order valence-corrected chi connectivity index (χ4v) is 2.10. The molecule has 6 heteroatoms. The molecule has 2 rings (SSSR count). The van der Waals surface area contributed by atoms with Gasteiger partial charge in [0.1, 0.15) is 5.82 Å². The van der Waals surface area contributed by atoms with Crippen LogP contribution in [-0.2, 0) is 13.6 Å². The van der Waals surface area contributed by atoms with Gasteiger partial charge in [0.2, 0.25) is 0 Å². The highest BCUT2D eigenvalue weighted by Gasteiger charge is 2.07. The van der Waals surface area contributed by atoms with Gasteiger partial charge in [-0.2, -0.15) is 0 Å². The summed E-state index contributed by atoms with van der Waals surface area (Å²) in [6.45, 7) is 2.38. The van der Waals surface area contributed by atoms with Crippen LogP contribution >= 0.6 is 11.8 Å². The first-order valence-corrected chi connectivity index (χ1v) is 5.71. The monoisotopic (exact) mass is 235 g/mol. The van der Waals surface area contributed by atoms with E-state index in [1.807, 2.05) is 30.7 Å². The Labute approximate surface area is 98.1 Å². The van der Waals surface area contributed by atoms with Gasteiger partial charge in [0.25, 0.3) is 0 Å². The smallest absolute Gasteiger partial charge is 0.195 e. The standard InChI is InChI=1S/C10H13N5S/c1-7-13-14-10(15(7)2)16-9-3-4-12-8(5-9)6-11/h3-5H,6,11H2,1-2H3. The molecule has 0 amide bonds. The molecule has 0 aromatic carbocycles. The predicted octanol–water partition coefficient (Wildman–Crippen LogP) is 1.13. The van der Waals surface area contributed by atoms with E-state index >= 15 is 0 Å². The fourth-order valence-electron chi connectivity index (χ4n) is 1.21. The molecule has 0 radical (unpaired) electrons. The topological polar surface area (TPSA) is 69.6 Å². The van der Waals surface area contributed by atoms with Crippen LogP contribution in [-0.4, -0.2) is 19.7 Å².